The maximum Gasteiger partial charge on any atom is 0.313 e. The van der Waals surface area contributed by atoms with Crippen LogP contribution in [0.4, 0.5) is 5.69 Å². The Morgan fingerprint density at radius 1 is 1.20 bits per heavy atom. The Labute approximate surface area is 147 Å². The van der Waals surface area contributed by atoms with E-state index in [-0.39, 0.29) is 12.6 Å². The highest BCUT2D eigenvalue weighted by Gasteiger charge is 2.43. The number of ether oxygens (including phenoxy) is 3. The van der Waals surface area contributed by atoms with E-state index in [1.165, 1.54) is 0 Å². The average molecular weight is 348 g/mol. The average Bonchev–Trinajstić information content (AvgIpc) is 3.24. The molecular weight excluding hydrogens is 324 g/mol. The molecule has 1 saturated carbocycles. The lowest BCUT2D eigenvalue weighted by molar-refractivity contribution is -0.161. The number of hydrogen-bond acceptors (Lipinski definition) is 5. The van der Waals surface area contributed by atoms with E-state index in [9.17, 15) is 9.59 Å². The van der Waals surface area contributed by atoms with Gasteiger partial charge in [-0.15, -0.1) is 0 Å². The molecule has 1 aliphatic carbocycles. The summed E-state index contributed by atoms with van der Waals surface area (Å²) in [4.78, 5) is 23.9. The van der Waals surface area contributed by atoms with Gasteiger partial charge in [-0.05, 0) is 44.0 Å². The predicted octanol–water partition coefficient (Wildman–Crippen LogP) is 1.83. The first-order chi connectivity index (χ1) is 12.1. The molecule has 25 heavy (non-hydrogen) atoms. The zero-order valence-corrected chi connectivity index (χ0v) is 14.4. The molecule has 1 spiro atoms. The molecule has 0 aromatic heterocycles. The largest absolute Gasteiger partial charge is 0.494 e. The van der Waals surface area contributed by atoms with Gasteiger partial charge in [-0.3, -0.25) is 9.59 Å². The third-order valence-corrected chi connectivity index (χ3v) is 4.40. The van der Waals surface area contributed by atoms with E-state index >= 15 is 0 Å². The van der Waals surface area contributed by atoms with Crippen molar-refractivity contribution in [3.8, 4) is 5.75 Å². The van der Waals surface area contributed by atoms with Crippen molar-refractivity contribution >= 4 is 17.5 Å². The Morgan fingerprint density at radius 2 is 1.92 bits per heavy atom. The van der Waals surface area contributed by atoms with E-state index in [0.717, 1.165) is 25.7 Å². The van der Waals surface area contributed by atoms with Crippen LogP contribution >= 0.6 is 0 Å². The number of benzene rings is 1. The predicted molar refractivity (Wildman–Crippen MR) is 91.3 cm³/mol. The van der Waals surface area contributed by atoms with Crippen LogP contribution < -0.4 is 15.4 Å². The van der Waals surface area contributed by atoms with E-state index in [2.05, 4.69) is 10.6 Å². The fourth-order valence-corrected chi connectivity index (χ4v) is 3.17. The second-order valence-electron chi connectivity index (χ2n) is 6.29. The minimum atomic E-state index is -0.710. The monoisotopic (exact) mass is 348 g/mol. The Hall–Kier alpha value is -2.12. The molecule has 2 N–H and O–H groups in total. The molecule has 3 rings (SSSR count). The van der Waals surface area contributed by atoms with Gasteiger partial charge in [0.05, 0.1) is 13.2 Å². The molecule has 7 heteroatoms. The zero-order valence-electron chi connectivity index (χ0n) is 14.4. The molecule has 2 amide bonds. The van der Waals surface area contributed by atoms with Crippen molar-refractivity contribution < 1.29 is 23.8 Å². The first-order valence-corrected chi connectivity index (χ1v) is 8.74. The van der Waals surface area contributed by atoms with Crippen LogP contribution in [0.2, 0.25) is 0 Å². The van der Waals surface area contributed by atoms with E-state index in [0.29, 0.717) is 24.7 Å². The first kappa shape index (κ1) is 17.7. The van der Waals surface area contributed by atoms with Crippen molar-refractivity contribution in [1.82, 2.24) is 5.32 Å². The highest BCUT2D eigenvalue weighted by molar-refractivity contribution is 6.39. The number of carbonyl (C=O) groups excluding carboxylic acids is 2. The molecule has 1 saturated heterocycles. The van der Waals surface area contributed by atoms with E-state index < -0.39 is 17.6 Å². The van der Waals surface area contributed by atoms with Crippen molar-refractivity contribution in [2.45, 2.75) is 44.5 Å². The van der Waals surface area contributed by atoms with Crippen LogP contribution in [0.1, 0.15) is 32.6 Å². The van der Waals surface area contributed by atoms with Crippen LogP contribution in [-0.4, -0.2) is 43.5 Å². The topological polar surface area (TPSA) is 85.9 Å². The second-order valence-corrected chi connectivity index (χ2v) is 6.29. The van der Waals surface area contributed by atoms with Gasteiger partial charge >= 0.3 is 11.8 Å². The third-order valence-electron chi connectivity index (χ3n) is 4.40. The number of rotatable bonds is 5. The van der Waals surface area contributed by atoms with Gasteiger partial charge in [-0.2, -0.15) is 0 Å². The lowest BCUT2D eigenvalue weighted by Crippen LogP contribution is -2.40. The molecule has 2 aliphatic rings. The molecule has 0 unspecified atom stereocenters. The summed E-state index contributed by atoms with van der Waals surface area (Å²) >= 11 is 0. The molecule has 1 aromatic rings. The van der Waals surface area contributed by atoms with Crippen LogP contribution in [-0.2, 0) is 19.1 Å². The van der Waals surface area contributed by atoms with Gasteiger partial charge in [0.2, 0.25) is 0 Å². The quantitative estimate of drug-likeness (QED) is 0.793. The van der Waals surface area contributed by atoms with Crippen molar-refractivity contribution in [3.05, 3.63) is 24.3 Å². The number of carbonyl (C=O) groups is 2. The van der Waals surface area contributed by atoms with Crippen molar-refractivity contribution in [3.63, 3.8) is 0 Å². The van der Waals surface area contributed by atoms with Crippen molar-refractivity contribution in [1.29, 1.82) is 0 Å². The van der Waals surface area contributed by atoms with Crippen LogP contribution in [0.15, 0.2) is 24.3 Å². The summed E-state index contributed by atoms with van der Waals surface area (Å²) in [5, 5.41) is 5.16. The van der Waals surface area contributed by atoms with Crippen LogP contribution in [0.5, 0.6) is 5.75 Å². The van der Waals surface area contributed by atoms with Crippen LogP contribution in [0.3, 0.4) is 0 Å². The normalized spacial score (nSPS) is 21.2. The molecule has 0 radical (unpaired) electrons. The zero-order chi connectivity index (χ0) is 17.7. The SMILES string of the molecule is CCOc1ccc(NC(=O)C(=O)NC[C@@H]2COC3(CCCC3)O2)cc1. The Balaban J connectivity index is 1.42. The van der Waals surface area contributed by atoms with Gasteiger partial charge in [-0.1, -0.05) is 0 Å². The minimum absolute atomic E-state index is 0.208. The van der Waals surface area contributed by atoms with E-state index in [4.69, 9.17) is 14.2 Å². The van der Waals surface area contributed by atoms with Crippen LogP contribution in [0, 0.1) is 0 Å². The Morgan fingerprint density at radius 3 is 2.60 bits per heavy atom. The van der Waals surface area contributed by atoms with Crippen LogP contribution in [0.25, 0.3) is 0 Å². The van der Waals surface area contributed by atoms with Gasteiger partial charge < -0.3 is 24.8 Å². The smallest absolute Gasteiger partial charge is 0.313 e. The number of nitrogens with one attached hydrogen (secondary N) is 2. The summed E-state index contributed by atoms with van der Waals surface area (Å²) in [6.45, 7) is 3.17. The van der Waals surface area contributed by atoms with E-state index in [1.54, 1.807) is 24.3 Å². The lowest BCUT2D eigenvalue weighted by Gasteiger charge is -2.21. The second kappa shape index (κ2) is 7.84. The summed E-state index contributed by atoms with van der Waals surface area (Å²) in [5.74, 6) is -1.15. The molecule has 136 valence electrons. The summed E-state index contributed by atoms with van der Waals surface area (Å²) < 4.78 is 17.0. The third kappa shape index (κ3) is 4.49. The minimum Gasteiger partial charge on any atom is -0.494 e. The molecular formula is C18H24N2O5. The molecule has 1 atom stereocenters. The van der Waals surface area contributed by atoms with E-state index in [1.807, 2.05) is 6.92 Å². The molecule has 1 aromatic carbocycles. The maximum atomic E-state index is 12.0. The summed E-state index contributed by atoms with van der Waals surface area (Å²) in [6, 6.07) is 6.85. The van der Waals surface area contributed by atoms with Crippen molar-refractivity contribution in [2.75, 3.05) is 25.1 Å². The van der Waals surface area contributed by atoms with Gasteiger partial charge in [0, 0.05) is 25.1 Å². The highest BCUT2D eigenvalue weighted by atomic mass is 16.7. The van der Waals surface area contributed by atoms with Crippen molar-refractivity contribution in [2.24, 2.45) is 0 Å². The molecule has 0 bridgehead atoms. The Bertz CT molecular complexity index is 610. The lowest BCUT2D eigenvalue weighted by atomic mass is 10.2. The maximum absolute atomic E-state index is 12.0. The summed E-state index contributed by atoms with van der Waals surface area (Å²) in [5.41, 5.74) is 0.536. The highest BCUT2D eigenvalue weighted by Crippen LogP contribution is 2.38. The molecule has 7 nitrogen and oxygen atoms in total. The Kier molecular flexibility index (Phi) is 5.55. The first-order valence-electron chi connectivity index (χ1n) is 8.74. The molecule has 1 aliphatic heterocycles. The fourth-order valence-electron chi connectivity index (χ4n) is 3.17. The standard InChI is InChI=1S/C18H24N2O5/c1-2-23-14-7-5-13(6-8-14)20-17(22)16(21)19-11-15-12-24-18(25-15)9-3-4-10-18/h5-8,15H,2-4,9-12H2,1H3,(H,19,21)(H,20,22)/t15-/m1/s1. The number of anilines is 1. The fraction of sp³-hybridized carbons (Fsp3) is 0.556. The van der Waals surface area contributed by atoms with Gasteiger partial charge in [0.25, 0.3) is 0 Å². The molecule has 2 fully saturated rings. The number of hydrogen-bond donors (Lipinski definition) is 2. The summed E-state index contributed by atoms with van der Waals surface area (Å²) in [6.07, 6.45) is 3.79. The van der Waals surface area contributed by atoms with Gasteiger partial charge in [0.15, 0.2) is 5.79 Å². The van der Waals surface area contributed by atoms with Gasteiger partial charge in [0.1, 0.15) is 11.9 Å². The number of amides is 2. The molecule has 1 heterocycles. The summed E-state index contributed by atoms with van der Waals surface area (Å²) in [7, 11) is 0. The van der Waals surface area contributed by atoms with Gasteiger partial charge in [-0.25, -0.2) is 0 Å².